The predicted molar refractivity (Wildman–Crippen MR) is 68.2 cm³/mol. The van der Waals surface area contributed by atoms with Gasteiger partial charge in [0.25, 0.3) is 0 Å². The summed E-state index contributed by atoms with van der Waals surface area (Å²) in [6.45, 7) is 0. The van der Waals surface area contributed by atoms with E-state index < -0.39 is 5.97 Å². The van der Waals surface area contributed by atoms with Crippen LogP contribution < -0.4 is 0 Å². The van der Waals surface area contributed by atoms with Gasteiger partial charge in [0.15, 0.2) is 5.69 Å². The fourth-order valence-electron chi connectivity index (χ4n) is 1.28. The van der Waals surface area contributed by atoms with E-state index in [0.717, 1.165) is 0 Å². The second kappa shape index (κ2) is 4.68. The molecule has 4 nitrogen and oxygen atoms in total. The SMILES string of the molecule is O=C(O)c1cn(-c2ccc(Br)c(Cl)c2Cl)cn1. The third-order valence-corrected chi connectivity index (χ3v) is 3.86. The molecule has 0 radical (unpaired) electrons. The summed E-state index contributed by atoms with van der Waals surface area (Å²) in [6.07, 6.45) is 2.74. The van der Waals surface area contributed by atoms with E-state index >= 15 is 0 Å². The van der Waals surface area contributed by atoms with E-state index in [0.29, 0.717) is 20.2 Å². The van der Waals surface area contributed by atoms with Crippen LogP contribution in [0.1, 0.15) is 10.5 Å². The molecule has 2 rings (SSSR count). The Morgan fingerprint density at radius 3 is 2.65 bits per heavy atom. The van der Waals surface area contributed by atoms with Crippen molar-refractivity contribution in [2.24, 2.45) is 0 Å². The predicted octanol–water partition coefficient (Wildman–Crippen LogP) is 3.64. The second-order valence-electron chi connectivity index (χ2n) is 3.17. The van der Waals surface area contributed by atoms with Crippen LogP contribution in [-0.4, -0.2) is 20.6 Å². The molecule has 0 atom stereocenters. The molecular weight excluding hydrogens is 331 g/mol. The average Bonchev–Trinajstić information content (AvgIpc) is 2.75. The first-order chi connectivity index (χ1) is 8.00. The normalized spacial score (nSPS) is 10.5. The molecule has 0 aliphatic rings. The smallest absolute Gasteiger partial charge is 0.356 e. The lowest BCUT2D eigenvalue weighted by molar-refractivity contribution is 0.0691. The van der Waals surface area contributed by atoms with Gasteiger partial charge in [0.2, 0.25) is 0 Å². The van der Waals surface area contributed by atoms with Gasteiger partial charge in [-0.1, -0.05) is 23.2 Å². The minimum Gasteiger partial charge on any atom is -0.476 e. The third-order valence-electron chi connectivity index (χ3n) is 2.09. The highest BCUT2D eigenvalue weighted by atomic mass is 79.9. The molecule has 1 aromatic heterocycles. The van der Waals surface area contributed by atoms with E-state index in [1.165, 1.54) is 17.1 Å². The van der Waals surface area contributed by atoms with E-state index in [4.69, 9.17) is 28.3 Å². The number of carbonyl (C=O) groups is 1. The van der Waals surface area contributed by atoms with E-state index in [9.17, 15) is 4.79 Å². The zero-order valence-corrected chi connectivity index (χ0v) is 11.3. The van der Waals surface area contributed by atoms with Crippen molar-refractivity contribution >= 4 is 45.1 Å². The fraction of sp³-hybridized carbons (Fsp3) is 0. The summed E-state index contributed by atoms with van der Waals surface area (Å²) in [6, 6.07) is 3.44. The second-order valence-corrected chi connectivity index (χ2v) is 4.78. The number of nitrogens with zero attached hydrogens (tertiary/aromatic N) is 2. The summed E-state index contributed by atoms with van der Waals surface area (Å²) in [5.74, 6) is -1.09. The molecule has 0 saturated carbocycles. The van der Waals surface area contributed by atoms with Crippen LogP contribution in [0.15, 0.2) is 29.1 Å². The van der Waals surface area contributed by atoms with E-state index in [2.05, 4.69) is 20.9 Å². The van der Waals surface area contributed by atoms with Crippen molar-refractivity contribution in [1.29, 1.82) is 0 Å². The molecule has 2 aromatic rings. The van der Waals surface area contributed by atoms with Gasteiger partial charge >= 0.3 is 5.97 Å². The number of carboxylic acids is 1. The first-order valence-electron chi connectivity index (χ1n) is 4.42. The van der Waals surface area contributed by atoms with E-state index in [-0.39, 0.29) is 5.69 Å². The number of hydrogen-bond acceptors (Lipinski definition) is 2. The minimum absolute atomic E-state index is 0.0555. The summed E-state index contributed by atoms with van der Waals surface area (Å²) >= 11 is 15.3. The Morgan fingerprint density at radius 2 is 2.06 bits per heavy atom. The Hall–Kier alpha value is -1.04. The maximum Gasteiger partial charge on any atom is 0.356 e. The highest BCUT2D eigenvalue weighted by Crippen LogP contribution is 2.34. The summed E-state index contributed by atoms with van der Waals surface area (Å²) in [5, 5.41) is 9.47. The first-order valence-corrected chi connectivity index (χ1v) is 5.96. The number of carboxylic acid groups (broad SMARTS) is 1. The van der Waals surface area contributed by atoms with Crippen LogP contribution in [0.5, 0.6) is 0 Å². The Bertz CT molecular complexity index is 598. The van der Waals surface area contributed by atoms with Gasteiger partial charge < -0.3 is 9.67 Å². The molecule has 88 valence electrons. The minimum atomic E-state index is -1.09. The van der Waals surface area contributed by atoms with Crippen LogP contribution >= 0.6 is 39.1 Å². The van der Waals surface area contributed by atoms with Gasteiger partial charge in [-0.05, 0) is 28.1 Å². The quantitative estimate of drug-likeness (QED) is 0.852. The maximum atomic E-state index is 10.7. The molecule has 0 aliphatic heterocycles. The van der Waals surface area contributed by atoms with Crippen molar-refractivity contribution < 1.29 is 9.90 Å². The fourth-order valence-corrected chi connectivity index (χ4v) is 2.15. The summed E-state index contributed by atoms with van der Waals surface area (Å²) in [5.41, 5.74) is 0.514. The van der Waals surface area contributed by atoms with Crippen molar-refractivity contribution in [2.45, 2.75) is 0 Å². The highest BCUT2D eigenvalue weighted by Gasteiger charge is 2.12. The zero-order valence-electron chi connectivity index (χ0n) is 8.19. The standard InChI is InChI=1S/C10H5BrCl2N2O2/c11-5-1-2-7(9(13)8(5)12)15-3-6(10(16)17)14-4-15/h1-4H,(H,16,17). The molecule has 0 unspecified atom stereocenters. The number of aromatic carboxylic acids is 1. The molecule has 1 heterocycles. The molecule has 0 saturated heterocycles. The van der Waals surface area contributed by atoms with Crippen molar-refractivity contribution in [3.63, 3.8) is 0 Å². The first kappa shape index (κ1) is 12.4. The van der Waals surface area contributed by atoms with Crippen molar-refractivity contribution in [3.05, 3.63) is 44.9 Å². The van der Waals surface area contributed by atoms with E-state index in [1.54, 1.807) is 12.1 Å². The molecule has 0 bridgehead atoms. The molecule has 1 aromatic carbocycles. The molecule has 7 heteroatoms. The van der Waals surface area contributed by atoms with Crippen LogP contribution in [-0.2, 0) is 0 Å². The number of imidazole rings is 1. The largest absolute Gasteiger partial charge is 0.476 e. The lowest BCUT2D eigenvalue weighted by atomic mass is 10.3. The van der Waals surface area contributed by atoms with Crippen LogP contribution in [0.25, 0.3) is 5.69 Å². The number of aromatic nitrogens is 2. The number of hydrogen-bond donors (Lipinski definition) is 1. The summed E-state index contributed by atoms with van der Waals surface area (Å²) in [7, 11) is 0. The van der Waals surface area contributed by atoms with Crippen LogP contribution in [0, 0.1) is 0 Å². The molecule has 0 aliphatic carbocycles. The number of benzene rings is 1. The lowest BCUT2D eigenvalue weighted by Gasteiger charge is -2.07. The van der Waals surface area contributed by atoms with Gasteiger partial charge in [0, 0.05) is 10.7 Å². The maximum absolute atomic E-state index is 10.7. The Kier molecular flexibility index (Phi) is 3.42. The number of rotatable bonds is 2. The van der Waals surface area contributed by atoms with Gasteiger partial charge in [-0.3, -0.25) is 0 Å². The number of halogens is 3. The monoisotopic (exact) mass is 334 g/mol. The average molecular weight is 336 g/mol. The topological polar surface area (TPSA) is 55.1 Å². The van der Waals surface area contributed by atoms with Crippen molar-refractivity contribution in [3.8, 4) is 5.69 Å². The van der Waals surface area contributed by atoms with Crippen LogP contribution in [0.2, 0.25) is 10.0 Å². The van der Waals surface area contributed by atoms with Crippen LogP contribution in [0.4, 0.5) is 0 Å². The third kappa shape index (κ3) is 2.31. The Labute approximate surface area is 115 Å². The molecular formula is C10H5BrCl2N2O2. The highest BCUT2D eigenvalue weighted by molar-refractivity contribution is 9.10. The van der Waals surface area contributed by atoms with Gasteiger partial charge in [0.05, 0.1) is 15.7 Å². The Morgan fingerprint density at radius 1 is 1.35 bits per heavy atom. The summed E-state index contributed by atoms with van der Waals surface area (Å²) < 4.78 is 2.18. The molecule has 0 amide bonds. The molecule has 0 spiro atoms. The van der Waals surface area contributed by atoms with Crippen LogP contribution in [0.3, 0.4) is 0 Å². The van der Waals surface area contributed by atoms with Gasteiger partial charge in [-0.2, -0.15) is 0 Å². The van der Waals surface area contributed by atoms with Gasteiger partial charge in [-0.25, -0.2) is 9.78 Å². The van der Waals surface area contributed by atoms with Crippen molar-refractivity contribution in [1.82, 2.24) is 9.55 Å². The van der Waals surface area contributed by atoms with E-state index in [1.807, 2.05) is 0 Å². The molecule has 17 heavy (non-hydrogen) atoms. The molecule has 0 fully saturated rings. The van der Waals surface area contributed by atoms with Gasteiger partial charge in [0.1, 0.15) is 6.33 Å². The Balaban J connectivity index is 2.53. The lowest BCUT2D eigenvalue weighted by Crippen LogP contribution is -1.96. The zero-order chi connectivity index (χ0) is 12.6. The molecule has 1 N–H and O–H groups in total. The van der Waals surface area contributed by atoms with Gasteiger partial charge in [-0.15, -0.1) is 0 Å². The van der Waals surface area contributed by atoms with Crippen molar-refractivity contribution in [2.75, 3.05) is 0 Å². The summed E-state index contributed by atoms with van der Waals surface area (Å²) in [4.78, 5) is 14.4.